The van der Waals surface area contributed by atoms with Crippen LogP contribution in [0.4, 0.5) is 0 Å². The summed E-state index contributed by atoms with van der Waals surface area (Å²) in [4.78, 5) is 16.6. The van der Waals surface area contributed by atoms with Gasteiger partial charge in [-0.3, -0.25) is 0 Å². The van der Waals surface area contributed by atoms with Gasteiger partial charge in [-0.15, -0.1) is 0 Å². The molecule has 4 nitrogen and oxygen atoms in total. The summed E-state index contributed by atoms with van der Waals surface area (Å²) in [6.45, 7) is 2.13. The maximum atomic E-state index is 12.3. The number of imidazole rings is 1. The third-order valence-corrected chi connectivity index (χ3v) is 4.86. The van der Waals surface area contributed by atoms with Crippen LogP contribution < -0.4 is 0 Å². The van der Waals surface area contributed by atoms with E-state index in [9.17, 15) is 4.79 Å². The van der Waals surface area contributed by atoms with Crippen LogP contribution in [0.5, 0.6) is 0 Å². The van der Waals surface area contributed by atoms with Gasteiger partial charge in [0.15, 0.2) is 0 Å². The molecule has 1 spiro atoms. The van der Waals surface area contributed by atoms with Crippen LogP contribution in [0.15, 0.2) is 36.8 Å². The number of hydrogen-bond acceptors (Lipinski definition) is 3. The van der Waals surface area contributed by atoms with Crippen molar-refractivity contribution in [1.82, 2.24) is 9.55 Å². The van der Waals surface area contributed by atoms with Crippen LogP contribution in [0.1, 0.15) is 53.8 Å². The Morgan fingerprint density at radius 1 is 1.38 bits per heavy atom. The lowest BCUT2D eigenvalue weighted by Crippen LogP contribution is -2.53. The molecule has 108 valence electrons. The molecule has 2 heterocycles. The number of fused-ring (bicyclic) bond motifs is 1. The van der Waals surface area contributed by atoms with Crippen LogP contribution in [-0.4, -0.2) is 21.1 Å². The van der Waals surface area contributed by atoms with E-state index in [1.54, 1.807) is 0 Å². The summed E-state index contributed by atoms with van der Waals surface area (Å²) in [5.74, 6) is -0.181. The SMILES string of the molecule is CCc1cncn1C1c2ccccc2C(=O)OC12CCC2. The van der Waals surface area contributed by atoms with Gasteiger partial charge >= 0.3 is 5.97 Å². The van der Waals surface area contributed by atoms with Gasteiger partial charge < -0.3 is 9.30 Å². The number of ether oxygens (including phenoxy) is 1. The first-order valence-corrected chi connectivity index (χ1v) is 7.58. The van der Waals surface area contributed by atoms with E-state index in [4.69, 9.17) is 4.74 Å². The Kier molecular flexibility index (Phi) is 2.67. The van der Waals surface area contributed by atoms with Crippen LogP contribution in [0.2, 0.25) is 0 Å². The Hall–Kier alpha value is -2.10. The summed E-state index contributed by atoms with van der Waals surface area (Å²) in [6.07, 6.45) is 7.67. The fraction of sp³-hybridized carbons (Fsp3) is 0.412. The number of carbonyl (C=O) groups is 1. The summed E-state index contributed by atoms with van der Waals surface area (Å²) in [5.41, 5.74) is 2.56. The smallest absolute Gasteiger partial charge is 0.339 e. The Labute approximate surface area is 123 Å². The molecule has 1 saturated carbocycles. The van der Waals surface area contributed by atoms with Crippen LogP contribution in [-0.2, 0) is 11.2 Å². The predicted molar refractivity (Wildman–Crippen MR) is 78.2 cm³/mol. The Bertz CT molecular complexity index is 700. The van der Waals surface area contributed by atoms with Gasteiger partial charge in [0.05, 0.1) is 11.9 Å². The second kappa shape index (κ2) is 4.45. The minimum absolute atomic E-state index is 0.0533. The van der Waals surface area contributed by atoms with E-state index in [2.05, 4.69) is 22.5 Å². The zero-order valence-electron chi connectivity index (χ0n) is 12.1. The van der Waals surface area contributed by atoms with Crippen molar-refractivity contribution >= 4 is 5.97 Å². The highest BCUT2D eigenvalue weighted by atomic mass is 16.6. The fourth-order valence-electron chi connectivity index (χ4n) is 3.64. The molecule has 2 aromatic rings. The van der Waals surface area contributed by atoms with Gasteiger partial charge in [0.25, 0.3) is 0 Å². The summed E-state index contributed by atoms with van der Waals surface area (Å²) < 4.78 is 8.08. The number of carbonyl (C=O) groups excluding carboxylic acids is 1. The zero-order chi connectivity index (χ0) is 14.4. The average Bonchev–Trinajstić information content (AvgIpc) is 2.93. The van der Waals surface area contributed by atoms with Gasteiger partial charge in [-0.25, -0.2) is 9.78 Å². The van der Waals surface area contributed by atoms with E-state index in [-0.39, 0.29) is 17.6 Å². The lowest BCUT2D eigenvalue weighted by atomic mass is 9.69. The molecule has 21 heavy (non-hydrogen) atoms. The second-order valence-electron chi connectivity index (χ2n) is 5.94. The van der Waals surface area contributed by atoms with E-state index in [0.717, 1.165) is 31.2 Å². The molecule has 0 amide bonds. The highest BCUT2D eigenvalue weighted by Crippen LogP contribution is 2.51. The summed E-state index contributed by atoms with van der Waals surface area (Å²) in [5, 5.41) is 0. The number of hydrogen-bond donors (Lipinski definition) is 0. The van der Waals surface area contributed by atoms with Crippen LogP contribution >= 0.6 is 0 Å². The maximum absolute atomic E-state index is 12.3. The highest BCUT2D eigenvalue weighted by molar-refractivity contribution is 5.93. The van der Waals surface area contributed by atoms with E-state index in [1.165, 1.54) is 5.69 Å². The number of aromatic nitrogens is 2. The Morgan fingerprint density at radius 3 is 2.90 bits per heavy atom. The first-order valence-electron chi connectivity index (χ1n) is 7.58. The molecular formula is C17H18N2O2. The lowest BCUT2D eigenvalue weighted by molar-refractivity contribution is -0.0927. The standard InChI is InChI=1S/C17H18N2O2/c1-2-12-10-18-11-19(12)15-13-6-3-4-7-14(13)16(20)21-17(15)8-5-9-17/h3-4,6-7,10-11,15H,2,5,8-9H2,1H3. The van der Waals surface area contributed by atoms with E-state index in [0.29, 0.717) is 5.56 Å². The van der Waals surface area contributed by atoms with Gasteiger partial charge in [-0.05, 0) is 37.3 Å². The molecule has 1 atom stereocenters. The second-order valence-corrected chi connectivity index (χ2v) is 5.94. The van der Waals surface area contributed by atoms with Crippen molar-refractivity contribution in [1.29, 1.82) is 0 Å². The quantitative estimate of drug-likeness (QED) is 0.795. The van der Waals surface area contributed by atoms with Crippen molar-refractivity contribution in [2.24, 2.45) is 0 Å². The van der Waals surface area contributed by atoms with Gasteiger partial charge in [-0.1, -0.05) is 25.1 Å². The minimum atomic E-state index is -0.379. The van der Waals surface area contributed by atoms with Crippen molar-refractivity contribution < 1.29 is 9.53 Å². The Morgan fingerprint density at radius 2 is 2.19 bits per heavy atom. The van der Waals surface area contributed by atoms with Crippen molar-refractivity contribution in [3.05, 3.63) is 53.6 Å². The van der Waals surface area contributed by atoms with E-state index < -0.39 is 0 Å². The molecule has 0 bridgehead atoms. The molecule has 2 aliphatic rings. The number of benzene rings is 1. The molecule has 0 radical (unpaired) electrons. The number of esters is 1. The first kappa shape index (κ1) is 12.6. The van der Waals surface area contributed by atoms with Gasteiger partial charge in [-0.2, -0.15) is 0 Å². The van der Waals surface area contributed by atoms with Gasteiger partial charge in [0.1, 0.15) is 11.6 Å². The monoisotopic (exact) mass is 282 g/mol. The van der Waals surface area contributed by atoms with Crippen LogP contribution in [0.25, 0.3) is 0 Å². The zero-order valence-corrected chi connectivity index (χ0v) is 12.1. The third-order valence-electron chi connectivity index (χ3n) is 4.86. The van der Waals surface area contributed by atoms with Crippen molar-refractivity contribution in [2.45, 2.75) is 44.2 Å². The molecular weight excluding hydrogens is 264 g/mol. The normalized spacial score (nSPS) is 22.5. The molecule has 0 N–H and O–H groups in total. The molecule has 4 heteroatoms. The molecule has 1 unspecified atom stereocenters. The minimum Gasteiger partial charge on any atom is -0.453 e. The molecule has 1 aliphatic carbocycles. The molecule has 1 aromatic heterocycles. The van der Waals surface area contributed by atoms with Crippen molar-refractivity contribution in [2.75, 3.05) is 0 Å². The highest BCUT2D eigenvalue weighted by Gasteiger charge is 2.53. The van der Waals surface area contributed by atoms with Crippen molar-refractivity contribution in [3.63, 3.8) is 0 Å². The summed E-state index contributed by atoms with van der Waals surface area (Å²) in [7, 11) is 0. The molecule has 1 fully saturated rings. The van der Waals surface area contributed by atoms with E-state index >= 15 is 0 Å². The summed E-state index contributed by atoms with van der Waals surface area (Å²) >= 11 is 0. The van der Waals surface area contributed by atoms with Gasteiger partial charge in [0.2, 0.25) is 0 Å². The Balaban J connectivity index is 1.93. The summed E-state index contributed by atoms with van der Waals surface area (Å²) in [6, 6.07) is 7.86. The number of rotatable bonds is 2. The maximum Gasteiger partial charge on any atom is 0.339 e. The van der Waals surface area contributed by atoms with Crippen LogP contribution in [0.3, 0.4) is 0 Å². The lowest BCUT2D eigenvalue weighted by Gasteiger charge is -2.50. The first-order chi connectivity index (χ1) is 10.2. The number of nitrogens with zero attached hydrogens (tertiary/aromatic N) is 2. The molecule has 1 aliphatic heterocycles. The predicted octanol–water partition coefficient (Wildman–Crippen LogP) is 3.13. The topological polar surface area (TPSA) is 44.1 Å². The molecule has 0 saturated heterocycles. The number of aryl methyl sites for hydroxylation is 1. The molecule has 4 rings (SSSR count). The van der Waals surface area contributed by atoms with Crippen molar-refractivity contribution in [3.8, 4) is 0 Å². The van der Waals surface area contributed by atoms with Crippen LogP contribution in [0, 0.1) is 0 Å². The largest absolute Gasteiger partial charge is 0.453 e. The van der Waals surface area contributed by atoms with E-state index in [1.807, 2.05) is 30.7 Å². The molecule has 1 aromatic carbocycles. The van der Waals surface area contributed by atoms with Gasteiger partial charge in [0, 0.05) is 11.9 Å². The third kappa shape index (κ3) is 1.68. The fourth-order valence-corrected chi connectivity index (χ4v) is 3.64. The average molecular weight is 282 g/mol.